The van der Waals surface area contributed by atoms with Crippen LogP contribution in [0.4, 0.5) is 5.69 Å². The minimum Gasteiger partial charge on any atom is -0.508 e. The summed E-state index contributed by atoms with van der Waals surface area (Å²) >= 11 is 0. The van der Waals surface area contributed by atoms with Gasteiger partial charge in [0.25, 0.3) is 0 Å². The van der Waals surface area contributed by atoms with Crippen molar-refractivity contribution in [1.82, 2.24) is 0 Å². The lowest BCUT2D eigenvalue weighted by molar-refractivity contribution is -0.118. The van der Waals surface area contributed by atoms with E-state index in [-0.39, 0.29) is 17.6 Å². The van der Waals surface area contributed by atoms with E-state index >= 15 is 0 Å². The summed E-state index contributed by atoms with van der Waals surface area (Å²) in [5.41, 5.74) is 1.48. The van der Waals surface area contributed by atoms with Crippen molar-refractivity contribution in [3.8, 4) is 5.75 Å². The molecule has 0 unspecified atom stereocenters. The molecular weight excluding hydrogens is 178 g/mol. The number of carbonyl (C=O) groups is 1. The first kappa shape index (κ1) is 10.6. The summed E-state index contributed by atoms with van der Waals surface area (Å²) in [5, 5.41) is 12.0. The van der Waals surface area contributed by atoms with E-state index in [1.54, 1.807) is 25.1 Å². The van der Waals surface area contributed by atoms with E-state index in [9.17, 15) is 9.90 Å². The highest BCUT2D eigenvalue weighted by molar-refractivity contribution is 5.92. The number of amides is 1. The van der Waals surface area contributed by atoms with Crippen LogP contribution in [0, 0.1) is 12.8 Å². The number of rotatable bonds is 2. The number of hydrogen-bond acceptors (Lipinski definition) is 2. The van der Waals surface area contributed by atoms with Crippen LogP contribution in [-0.2, 0) is 4.79 Å². The van der Waals surface area contributed by atoms with E-state index in [1.807, 2.05) is 13.8 Å². The average Bonchev–Trinajstić information content (AvgIpc) is 2.11. The van der Waals surface area contributed by atoms with Crippen LogP contribution < -0.4 is 5.32 Å². The number of aromatic hydroxyl groups is 1. The summed E-state index contributed by atoms with van der Waals surface area (Å²) in [6.07, 6.45) is 0. The van der Waals surface area contributed by atoms with Gasteiger partial charge in [-0.3, -0.25) is 4.79 Å². The van der Waals surface area contributed by atoms with E-state index < -0.39 is 0 Å². The summed E-state index contributed by atoms with van der Waals surface area (Å²) in [6.45, 7) is 5.46. The predicted octanol–water partition coefficient (Wildman–Crippen LogP) is 2.30. The number of aryl methyl sites for hydroxylation is 1. The Hall–Kier alpha value is -1.51. The Kier molecular flexibility index (Phi) is 3.12. The second kappa shape index (κ2) is 4.13. The molecule has 1 aromatic rings. The number of anilines is 1. The molecule has 3 nitrogen and oxygen atoms in total. The van der Waals surface area contributed by atoms with Crippen LogP contribution >= 0.6 is 0 Å². The van der Waals surface area contributed by atoms with Crippen molar-refractivity contribution in [3.05, 3.63) is 23.8 Å². The van der Waals surface area contributed by atoms with Gasteiger partial charge in [0, 0.05) is 11.6 Å². The molecule has 2 N–H and O–H groups in total. The normalized spacial score (nSPS) is 10.3. The predicted molar refractivity (Wildman–Crippen MR) is 56.3 cm³/mol. The molecule has 1 aromatic carbocycles. The van der Waals surface area contributed by atoms with Crippen LogP contribution in [0.15, 0.2) is 18.2 Å². The van der Waals surface area contributed by atoms with Gasteiger partial charge in [0.15, 0.2) is 0 Å². The molecule has 3 heteroatoms. The highest BCUT2D eigenvalue weighted by Gasteiger charge is 2.07. The molecule has 0 saturated heterocycles. The van der Waals surface area contributed by atoms with E-state index in [4.69, 9.17) is 0 Å². The lowest BCUT2D eigenvalue weighted by Gasteiger charge is -2.08. The van der Waals surface area contributed by atoms with Crippen molar-refractivity contribution in [2.75, 3.05) is 5.32 Å². The SMILES string of the molecule is Cc1cc(NC(=O)C(C)C)ccc1O. The maximum Gasteiger partial charge on any atom is 0.226 e. The summed E-state index contributed by atoms with van der Waals surface area (Å²) in [5.74, 6) is 0.187. The molecule has 0 atom stereocenters. The van der Waals surface area contributed by atoms with Gasteiger partial charge in [-0.2, -0.15) is 0 Å². The molecule has 0 saturated carbocycles. The summed E-state index contributed by atoms with van der Waals surface area (Å²) in [4.78, 5) is 11.3. The molecule has 0 fully saturated rings. The number of benzene rings is 1. The largest absolute Gasteiger partial charge is 0.508 e. The maximum atomic E-state index is 11.3. The first-order valence-corrected chi connectivity index (χ1v) is 4.61. The molecule has 0 radical (unpaired) electrons. The Morgan fingerprint density at radius 2 is 2.07 bits per heavy atom. The van der Waals surface area contributed by atoms with Crippen LogP contribution in [0.3, 0.4) is 0 Å². The number of nitrogens with one attached hydrogen (secondary N) is 1. The Labute approximate surface area is 83.8 Å². The van der Waals surface area contributed by atoms with Gasteiger partial charge in [0.05, 0.1) is 0 Å². The third-order valence-corrected chi connectivity index (χ3v) is 1.99. The van der Waals surface area contributed by atoms with E-state index in [1.165, 1.54) is 0 Å². The van der Waals surface area contributed by atoms with Gasteiger partial charge in [0.2, 0.25) is 5.91 Å². The van der Waals surface area contributed by atoms with E-state index in [0.717, 1.165) is 11.3 Å². The molecule has 0 aliphatic rings. The second-order valence-electron chi connectivity index (χ2n) is 3.65. The van der Waals surface area contributed by atoms with Crippen LogP contribution in [0.2, 0.25) is 0 Å². The molecule has 76 valence electrons. The highest BCUT2D eigenvalue weighted by atomic mass is 16.3. The summed E-state index contributed by atoms with van der Waals surface area (Å²) in [7, 11) is 0. The minimum absolute atomic E-state index is 0.0184. The van der Waals surface area contributed by atoms with Crippen molar-refractivity contribution in [2.24, 2.45) is 5.92 Å². The zero-order chi connectivity index (χ0) is 10.7. The molecule has 0 heterocycles. The number of hydrogen-bond donors (Lipinski definition) is 2. The second-order valence-corrected chi connectivity index (χ2v) is 3.65. The molecule has 0 aromatic heterocycles. The van der Waals surface area contributed by atoms with E-state index in [2.05, 4.69) is 5.32 Å². The first-order chi connectivity index (χ1) is 6.50. The number of carbonyl (C=O) groups excluding carboxylic acids is 1. The van der Waals surface area contributed by atoms with Crippen LogP contribution in [-0.4, -0.2) is 11.0 Å². The Balaban J connectivity index is 2.78. The lowest BCUT2D eigenvalue weighted by Crippen LogP contribution is -2.17. The Bertz CT molecular complexity index is 345. The van der Waals surface area contributed by atoms with Gasteiger partial charge in [-0.15, -0.1) is 0 Å². The lowest BCUT2D eigenvalue weighted by atomic mass is 10.1. The standard InChI is InChI=1S/C11H15NO2/c1-7(2)11(14)12-9-4-5-10(13)8(3)6-9/h4-7,13H,1-3H3,(H,12,14). The zero-order valence-corrected chi connectivity index (χ0v) is 8.66. The Morgan fingerprint density at radius 3 is 2.57 bits per heavy atom. The molecule has 0 spiro atoms. The monoisotopic (exact) mass is 193 g/mol. The maximum absolute atomic E-state index is 11.3. The van der Waals surface area contributed by atoms with Gasteiger partial charge in [-0.25, -0.2) is 0 Å². The molecule has 1 amide bonds. The van der Waals surface area contributed by atoms with Crippen LogP contribution in [0.25, 0.3) is 0 Å². The highest BCUT2D eigenvalue weighted by Crippen LogP contribution is 2.20. The van der Waals surface area contributed by atoms with Crippen molar-refractivity contribution < 1.29 is 9.90 Å². The van der Waals surface area contributed by atoms with Crippen molar-refractivity contribution in [1.29, 1.82) is 0 Å². The topological polar surface area (TPSA) is 49.3 Å². The fourth-order valence-corrected chi connectivity index (χ4v) is 1.02. The van der Waals surface area contributed by atoms with Gasteiger partial charge >= 0.3 is 0 Å². The van der Waals surface area contributed by atoms with Crippen molar-refractivity contribution >= 4 is 11.6 Å². The zero-order valence-electron chi connectivity index (χ0n) is 8.66. The Morgan fingerprint density at radius 1 is 1.43 bits per heavy atom. The number of phenolic OH excluding ortho intramolecular Hbond substituents is 1. The fourth-order valence-electron chi connectivity index (χ4n) is 1.02. The smallest absolute Gasteiger partial charge is 0.226 e. The summed E-state index contributed by atoms with van der Waals surface area (Å²) < 4.78 is 0. The van der Waals surface area contributed by atoms with Crippen molar-refractivity contribution in [3.63, 3.8) is 0 Å². The molecular formula is C11H15NO2. The van der Waals surface area contributed by atoms with Gasteiger partial charge in [-0.1, -0.05) is 13.8 Å². The fraction of sp³-hybridized carbons (Fsp3) is 0.364. The van der Waals surface area contributed by atoms with Gasteiger partial charge in [0.1, 0.15) is 5.75 Å². The first-order valence-electron chi connectivity index (χ1n) is 4.61. The van der Waals surface area contributed by atoms with Crippen molar-refractivity contribution in [2.45, 2.75) is 20.8 Å². The molecule has 1 rings (SSSR count). The quantitative estimate of drug-likeness (QED) is 0.708. The molecule has 0 aliphatic carbocycles. The molecule has 0 aliphatic heterocycles. The third kappa shape index (κ3) is 2.49. The summed E-state index contributed by atoms with van der Waals surface area (Å²) in [6, 6.07) is 5.00. The number of phenols is 1. The van der Waals surface area contributed by atoms with Crippen LogP contribution in [0.1, 0.15) is 19.4 Å². The van der Waals surface area contributed by atoms with E-state index in [0.29, 0.717) is 0 Å². The molecule has 14 heavy (non-hydrogen) atoms. The van der Waals surface area contributed by atoms with Crippen LogP contribution in [0.5, 0.6) is 5.75 Å². The van der Waals surface area contributed by atoms with Gasteiger partial charge < -0.3 is 10.4 Å². The van der Waals surface area contributed by atoms with Gasteiger partial charge in [-0.05, 0) is 30.7 Å². The third-order valence-electron chi connectivity index (χ3n) is 1.99. The minimum atomic E-state index is -0.0379. The molecule has 0 bridgehead atoms. The average molecular weight is 193 g/mol.